The van der Waals surface area contributed by atoms with Gasteiger partial charge in [0, 0.05) is 31.9 Å². The number of carbonyl (C=O) groups excluding carboxylic acids is 1. The Morgan fingerprint density at radius 3 is 2.87 bits per heavy atom. The molecule has 2 N–H and O–H groups in total. The molecule has 3 atom stereocenters. The summed E-state index contributed by atoms with van der Waals surface area (Å²) in [5, 5.41) is 0. The lowest BCUT2D eigenvalue weighted by Crippen LogP contribution is -2.39. The van der Waals surface area contributed by atoms with Gasteiger partial charge in [0.1, 0.15) is 5.84 Å². The zero-order chi connectivity index (χ0) is 16.2. The van der Waals surface area contributed by atoms with E-state index in [0.29, 0.717) is 29.8 Å². The Bertz CT molecular complexity index is 740. The van der Waals surface area contributed by atoms with Crippen LogP contribution in [0.15, 0.2) is 28.3 Å². The molecule has 0 spiro atoms. The van der Waals surface area contributed by atoms with Gasteiger partial charge in [0.25, 0.3) is 15.9 Å². The van der Waals surface area contributed by atoms with Crippen molar-refractivity contribution in [1.29, 1.82) is 0 Å². The second-order valence-electron chi connectivity index (χ2n) is 6.72. The first-order valence-electron chi connectivity index (χ1n) is 7.97. The zero-order valence-electron chi connectivity index (χ0n) is 12.8. The number of sulfonamides is 1. The van der Waals surface area contributed by atoms with Gasteiger partial charge >= 0.3 is 0 Å². The highest BCUT2D eigenvalue weighted by atomic mass is 32.2. The van der Waals surface area contributed by atoms with E-state index in [4.69, 9.17) is 5.73 Å². The molecule has 4 aliphatic rings. The zero-order valence-corrected chi connectivity index (χ0v) is 13.6. The van der Waals surface area contributed by atoms with Crippen LogP contribution in [0.1, 0.15) is 12.8 Å². The third-order valence-corrected chi connectivity index (χ3v) is 6.43. The van der Waals surface area contributed by atoms with E-state index in [1.807, 2.05) is 4.90 Å². The van der Waals surface area contributed by atoms with E-state index < -0.39 is 10.0 Å². The van der Waals surface area contributed by atoms with Crippen LogP contribution in [-0.4, -0.2) is 61.4 Å². The van der Waals surface area contributed by atoms with Crippen molar-refractivity contribution in [3.8, 4) is 0 Å². The Morgan fingerprint density at radius 1 is 1.26 bits per heavy atom. The van der Waals surface area contributed by atoms with Crippen LogP contribution in [0.5, 0.6) is 0 Å². The third kappa shape index (κ3) is 2.59. The lowest BCUT2D eigenvalue weighted by atomic mass is 9.98. The standard InChI is InChI=1S/C15H20N4O3S/c16-13-3-1-10-7-19(9-12(10)13)15(20)11-2-4-14-17-23(21,22)6-5-18(14)8-11/h2,4,8,10,12-13H,1,3,5-7,9,16H2. The SMILES string of the molecule is NC1CCC2CN(C(=O)C3=CN4CCS(=O)(=O)N=C4C=C3)CC12. The molecule has 0 aromatic heterocycles. The second-order valence-corrected chi connectivity index (χ2v) is 8.48. The number of amides is 1. The molecule has 23 heavy (non-hydrogen) atoms. The highest BCUT2D eigenvalue weighted by Gasteiger charge is 2.43. The number of carbonyl (C=O) groups is 1. The van der Waals surface area contributed by atoms with Gasteiger partial charge in [-0.05, 0) is 36.8 Å². The van der Waals surface area contributed by atoms with Gasteiger partial charge in [-0.15, -0.1) is 4.40 Å². The number of likely N-dealkylation sites (tertiary alicyclic amines) is 1. The Morgan fingerprint density at radius 2 is 2.09 bits per heavy atom. The quantitative estimate of drug-likeness (QED) is 0.708. The van der Waals surface area contributed by atoms with Crippen molar-refractivity contribution in [3.05, 3.63) is 23.9 Å². The number of nitrogens with zero attached hydrogens (tertiary/aromatic N) is 3. The summed E-state index contributed by atoms with van der Waals surface area (Å²) in [5.41, 5.74) is 6.71. The Balaban J connectivity index is 1.51. The molecule has 3 unspecified atom stereocenters. The van der Waals surface area contributed by atoms with Gasteiger partial charge in [-0.1, -0.05) is 0 Å². The molecule has 0 radical (unpaired) electrons. The molecule has 0 aromatic rings. The van der Waals surface area contributed by atoms with E-state index in [1.54, 1.807) is 23.3 Å². The maximum atomic E-state index is 12.7. The van der Waals surface area contributed by atoms with Gasteiger partial charge in [0.05, 0.1) is 11.3 Å². The normalized spacial score (nSPS) is 34.7. The first-order chi connectivity index (χ1) is 10.9. The van der Waals surface area contributed by atoms with Gasteiger partial charge in [-0.2, -0.15) is 0 Å². The van der Waals surface area contributed by atoms with E-state index in [-0.39, 0.29) is 17.7 Å². The average molecular weight is 336 g/mol. The minimum absolute atomic E-state index is 0.00432. The molecular weight excluding hydrogens is 316 g/mol. The van der Waals surface area contributed by atoms with Gasteiger partial charge in [0.15, 0.2) is 0 Å². The number of hydrogen-bond donors (Lipinski definition) is 1. The van der Waals surface area contributed by atoms with Crippen LogP contribution < -0.4 is 5.73 Å². The summed E-state index contributed by atoms with van der Waals surface area (Å²) >= 11 is 0. The van der Waals surface area contributed by atoms with Crippen LogP contribution >= 0.6 is 0 Å². The fraction of sp³-hybridized carbons (Fsp3) is 0.600. The molecule has 2 fully saturated rings. The average Bonchev–Trinajstić information content (AvgIpc) is 3.08. The summed E-state index contributed by atoms with van der Waals surface area (Å²) < 4.78 is 26.8. The summed E-state index contributed by atoms with van der Waals surface area (Å²) in [7, 11) is -3.37. The Hall–Kier alpha value is -1.67. The fourth-order valence-electron chi connectivity index (χ4n) is 3.98. The number of hydrogen-bond acceptors (Lipinski definition) is 5. The molecule has 124 valence electrons. The third-order valence-electron chi connectivity index (χ3n) is 5.27. The second kappa shape index (κ2) is 5.17. The van der Waals surface area contributed by atoms with Crippen LogP contribution in [0.4, 0.5) is 0 Å². The maximum absolute atomic E-state index is 12.7. The molecule has 0 aromatic carbocycles. The first kappa shape index (κ1) is 14.9. The highest BCUT2D eigenvalue weighted by Crippen LogP contribution is 2.37. The molecule has 3 aliphatic heterocycles. The summed E-state index contributed by atoms with van der Waals surface area (Å²) in [6.07, 6.45) is 7.14. The minimum Gasteiger partial charge on any atom is -0.338 e. The number of amidine groups is 1. The van der Waals surface area contributed by atoms with Crippen molar-refractivity contribution in [2.24, 2.45) is 22.0 Å². The first-order valence-corrected chi connectivity index (χ1v) is 9.58. The highest BCUT2D eigenvalue weighted by molar-refractivity contribution is 7.90. The molecular formula is C15H20N4O3S. The molecule has 0 bridgehead atoms. The van der Waals surface area contributed by atoms with Crippen LogP contribution in [0.2, 0.25) is 0 Å². The van der Waals surface area contributed by atoms with E-state index in [0.717, 1.165) is 25.9 Å². The topological polar surface area (TPSA) is 96.1 Å². The van der Waals surface area contributed by atoms with Crippen LogP contribution in [0.3, 0.4) is 0 Å². The molecule has 4 rings (SSSR count). The molecule has 3 heterocycles. The Labute approximate surface area is 135 Å². The Kier molecular flexibility index (Phi) is 3.35. The minimum atomic E-state index is -3.37. The predicted molar refractivity (Wildman–Crippen MR) is 85.9 cm³/mol. The summed E-state index contributed by atoms with van der Waals surface area (Å²) in [4.78, 5) is 16.3. The summed E-state index contributed by atoms with van der Waals surface area (Å²) in [6, 6.07) is 0.208. The molecule has 1 saturated heterocycles. The largest absolute Gasteiger partial charge is 0.338 e. The van der Waals surface area contributed by atoms with Gasteiger partial charge in [0.2, 0.25) is 0 Å². The monoisotopic (exact) mass is 336 g/mol. The lowest BCUT2D eigenvalue weighted by molar-refractivity contribution is -0.126. The van der Waals surface area contributed by atoms with Crippen molar-refractivity contribution in [1.82, 2.24) is 9.80 Å². The summed E-state index contributed by atoms with van der Waals surface area (Å²) in [5.74, 6) is 1.30. The van der Waals surface area contributed by atoms with E-state index in [1.165, 1.54) is 0 Å². The number of nitrogens with two attached hydrogens (primary N) is 1. The van der Waals surface area contributed by atoms with Gasteiger partial charge in [-0.3, -0.25) is 4.79 Å². The van der Waals surface area contributed by atoms with E-state index >= 15 is 0 Å². The molecule has 1 aliphatic carbocycles. The fourth-order valence-corrected chi connectivity index (χ4v) is 4.95. The van der Waals surface area contributed by atoms with Crippen LogP contribution in [0.25, 0.3) is 0 Å². The van der Waals surface area contributed by atoms with Crippen molar-refractivity contribution in [2.45, 2.75) is 18.9 Å². The molecule has 1 saturated carbocycles. The van der Waals surface area contributed by atoms with E-state index in [2.05, 4.69) is 4.40 Å². The van der Waals surface area contributed by atoms with Crippen molar-refractivity contribution in [2.75, 3.05) is 25.4 Å². The molecule has 7 nitrogen and oxygen atoms in total. The van der Waals surface area contributed by atoms with Crippen molar-refractivity contribution < 1.29 is 13.2 Å². The lowest BCUT2D eigenvalue weighted by Gasteiger charge is -2.28. The number of fused-ring (bicyclic) bond motifs is 2. The predicted octanol–water partition coefficient (Wildman–Crippen LogP) is -0.320. The van der Waals surface area contributed by atoms with Crippen LogP contribution in [-0.2, 0) is 14.8 Å². The maximum Gasteiger partial charge on any atom is 0.256 e. The van der Waals surface area contributed by atoms with Gasteiger partial charge < -0.3 is 15.5 Å². The van der Waals surface area contributed by atoms with Crippen molar-refractivity contribution >= 4 is 21.8 Å². The van der Waals surface area contributed by atoms with E-state index in [9.17, 15) is 13.2 Å². The van der Waals surface area contributed by atoms with Crippen LogP contribution in [0, 0.1) is 11.8 Å². The van der Waals surface area contributed by atoms with Gasteiger partial charge in [-0.25, -0.2) is 8.42 Å². The number of rotatable bonds is 1. The smallest absolute Gasteiger partial charge is 0.256 e. The summed E-state index contributed by atoms with van der Waals surface area (Å²) in [6.45, 7) is 1.83. The molecule has 1 amide bonds. The molecule has 8 heteroatoms. The van der Waals surface area contributed by atoms with Crippen molar-refractivity contribution in [3.63, 3.8) is 0 Å².